The lowest BCUT2D eigenvalue weighted by molar-refractivity contribution is -0.389. The highest BCUT2D eigenvalue weighted by molar-refractivity contribution is 6.04. The van der Waals surface area contributed by atoms with Crippen LogP contribution in [0, 0.1) is 10.1 Å². The lowest BCUT2D eigenvalue weighted by Crippen LogP contribution is -2.08. The molecule has 0 amide bonds. The van der Waals surface area contributed by atoms with Gasteiger partial charge in [-0.15, -0.1) is 0 Å². The zero-order chi connectivity index (χ0) is 16.8. The number of hydrogen-bond acceptors (Lipinski definition) is 6. The van der Waals surface area contributed by atoms with Crippen LogP contribution in [0.25, 0.3) is 0 Å². The third kappa shape index (κ3) is 4.37. The second-order valence-corrected chi connectivity index (χ2v) is 4.95. The SMILES string of the molecule is CN(C)c1ccc(NC=CC(=O)c2ccc([N+](=O)[O-])nc2)cc1. The summed E-state index contributed by atoms with van der Waals surface area (Å²) in [4.78, 5) is 27.4. The molecule has 2 rings (SSSR count). The first-order valence-electron chi connectivity index (χ1n) is 6.82. The van der Waals surface area contributed by atoms with Crippen molar-refractivity contribution < 1.29 is 9.72 Å². The zero-order valence-electron chi connectivity index (χ0n) is 12.8. The fraction of sp³-hybridized carbons (Fsp3) is 0.125. The van der Waals surface area contributed by atoms with Crippen LogP contribution in [0.5, 0.6) is 0 Å². The van der Waals surface area contributed by atoms with E-state index < -0.39 is 4.92 Å². The molecule has 7 nitrogen and oxygen atoms in total. The van der Waals surface area contributed by atoms with Gasteiger partial charge in [-0.05, 0) is 40.2 Å². The number of carbonyl (C=O) groups excluding carboxylic acids is 1. The third-order valence-electron chi connectivity index (χ3n) is 3.09. The number of carbonyl (C=O) groups is 1. The Balaban J connectivity index is 1.96. The summed E-state index contributed by atoms with van der Waals surface area (Å²) in [6.45, 7) is 0. The molecule has 23 heavy (non-hydrogen) atoms. The van der Waals surface area contributed by atoms with Crippen LogP contribution in [0.2, 0.25) is 0 Å². The van der Waals surface area contributed by atoms with E-state index in [9.17, 15) is 14.9 Å². The highest BCUT2D eigenvalue weighted by atomic mass is 16.6. The number of hydrogen-bond donors (Lipinski definition) is 1. The second kappa shape index (κ2) is 7.17. The van der Waals surface area contributed by atoms with E-state index in [1.54, 1.807) is 0 Å². The molecular formula is C16H16N4O3. The Morgan fingerprint density at radius 2 is 1.91 bits per heavy atom. The number of anilines is 2. The van der Waals surface area contributed by atoms with Crippen LogP contribution in [-0.2, 0) is 0 Å². The van der Waals surface area contributed by atoms with Gasteiger partial charge in [0.2, 0.25) is 0 Å². The third-order valence-corrected chi connectivity index (χ3v) is 3.09. The molecule has 0 saturated carbocycles. The summed E-state index contributed by atoms with van der Waals surface area (Å²) < 4.78 is 0. The Morgan fingerprint density at radius 1 is 1.22 bits per heavy atom. The predicted molar refractivity (Wildman–Crippen MR) is 88.8 cm³/mol. The first-order valence-corrected chi connectivity index (χ1v) is 6.82. The van der Waals surface area contributed by atoms with Crippen LogP contribution in [0.3, 0.4) is 0 Å². The number of nitro groups is 1. The summed E-state index contributed by atoms with van der Waals surface area (Å²) in [5, 5.41) is 13.5. The van der Waals surface area contributed by atoms with Crippen molar-refractivity contribution in [2.24, 2.45) is 0 Å². The summed E-state index contributed by atoms with van der Waals surface area (Å²) in [6, 6.07) is 10.3. The van der Waals surface area contributed by atoms with Gasteiger partial charge in [0.1, 0.15) is 0 Å². The van der Waals surface area contributed by atoms with E-state index in [-0.39, 0.29) is 17.2 Å². The Bertz CT molecular complexity index is 722. The number of pyridine rings is 1. The van der Waals surface area contributed by atoms with Crippen molar-refractivity contribution in [3.8, 4) is 0 Å². The molecule has 7 heteroatoms. The van der Waals surface area contributed by atoms with Gasteiger partial charge in [-0.3, -0.25) is 4.79 Å². The molecule has 0 aliphatic rings. The molecular weight excluding hydrogens is 296 g/mol. The Kier molecular flexibility index (Phi) is 5.03. The molecule has 0 aliphatic carbocycles. The minimum absolute atomic E-state index is 0.287. The van der Waals surface area contributed by atoms with Crippen molar-refractivity contribution in [1.29, 1.82) is 0 Å². The van der Waals surface area contributed by atoms with Gasteiger partial charge in [0.15, 0.2) is 12.0 Å². The molecule has 0 atom stereocenters. The van der Waals surface area contributed by atoms with Gasteiger partial charge < -0.3 is 20.3 Å². The maximum atomic E-state index is 11.9. The van der Waals surface area contributed by atoms with Crippen LogP contribution in [0.1, 0.15) is 10.4 Å². The van der Waals surface area contributed by atoms with Crippen molar-refractivity contribution in [2.45, 2.75) is 0 Å². The van der Waals surface area contributed by atoms with Crippen LogP contribution in [0.15, 0.2) is 54.9 Å². The minimum atomic E-state index is -0.608. The average molecular weight is 312 g/mol. The standard InChI is InChI=1S/C16H16N4O3/c1-19(2)14-6-4-13(5-7-14)17-10-9-15(21)12-3-8-16(18-11-12)20(22)23/h3-11,17H,1-2H3. The quantitative estimate of drug-likeness (QED) is 0.382. The van der Waals surface area contributed by atoms with E-state index in [2.05, 4.69) is 10.3 Å². The van der Waals surface area contributed by atoms with Gasteiger partial charge in [-0.2, -0.15) is 0 Å². The molecule has 118 valence electrons. The van der Waals surface area contributed by atoms with E-state index >= 15 is 0 Å². The van der Waals surface area contributed by atoms with Gasteiger partial charge in [0.25, 0.3) is 0 Å². The van der Waals surface area contributed by atoms with Gasteiger partial charge in [-0.25, -0.2) is 0 Å². The lowest BCUT2D eigenvalue weighted by Gasteiger charge is -2.12. The number of benzene rings is 1. The number of nitrogens with zero attached hydrogens (tertiary/aromatic N) is 3. The molecule has 1 aromatic carbocycles. The molecule has 2 aromatic rings. The smallest absolute Gasteiger partial charge is 0.363 e. The van der Waals surface area contributed by atoms with Crippen molar-refractivity contribution >= 4 is 23.0 Å². The summed E-state index contributed by atoms with van der Waals surface area (Å²) in [7, 11) is 3.92. The minimum Gasteiger partial charge on any atom is -0.378 e. The van der Waals surface area contributed by atoms with Crippen LogP contribution >= 0.6 is 0 Å². The van der Waals surface area contributed by atoms with Crippen LogP contribution in [0.4, 0.5) is 17.2 Å². The van der Waals surface area contributed by atoms with Crippen molar-refractivity contribution in [2.75, 3.05) is 24.3 Å². The van der Waals surface area contributed by atoms with E-state index in [0.29, 0.717) is 0 Å². The molecule has 1 heterocycles. The highest BCUT2D eigenvalue weighted by Crippen LogP contribution is 2.15. The van der Waals surface area contributed by atoms with Crippen molar-refractivity contribution in [3.05, 3.63) is 70.5 Å². The summed E-state index contributed by atoms with van der Waals surface area (Å²) in [5.74, 6) is -0.575. The maximum Gasteiger partial charge on any atom is 0.363 e. The number of aromatic nitrogens is 1. The maximum absolute atomic E-state index is 11.9. The number of ketones is 1. The zero-order valence-corrected chi connectivity index (χ0v) is 12.8. The lowest BCUT2D eigenvalue weighted by atomic mass is 10.2. The van der Waals surface area contributed by atoms with Gasteiger partial charge in [0.05, 0.1) is 5.56 Å². The second-order valence-electron chi connectivity index (χ2n) is 4.95. The molecule has 0 aliphatic heterocycles. The van der Waals surface area contributed by atoms with E-state index in [4.69, 9.17) is 0 Å². The molecule has 1 aromatic heterocycles. The van der Waals surface area contributed by atoms with Crippen molar-refractivity contribution in [1.82, 2.24) is 4.98 Å². The first kappa shape index (κ1) is 16.2. The van der Waals surface area contributed by atoms with E-state index in [0.717, 1.165) is 11.4 Å². The monoisotopic (exact) mass is 312 g/mol. The predicted octanol–water partition coefficient (Wildman–Crippen LogP) is 2.86. The topological polar surface area (TPSA) is 88.4 Å². The summed E-state index contributed by atoms with van der Waals surface area (Å²) >= 11 is 0. The molecule has 0 radical (unpaired) electrons. The first-order chi connectivity index (χ1) is 11.0. The molecule has 0 saturated heterocycles. The summed E-state index contributed by atoms with van der Waals surface area (Å²) in [5.41, 5.74) is 2.21. The summed E-state index contributed by atoms with van der Waals surface area (Å²) in [6.07, 6.45) is 4.06. The van der Waals surface area contributed by atoms with Gasteiger partial charge in [0, 0.05) is 43.8 Å². The van der Waals surface area contributed by atoms with E-state index in [1.807, 2.05) is 43.3 Å². The fourth-order valence-corrected chi connectivity index (χ4v) is 1.81. The number of nitrogens with one attached hydrogen (secondary N) is 1. The molecule has 0 spiro atoms. The largest absolute Gasteiger partial charge is 0.378 e. The Hall–Kier alpha value is -3.22. The molecule has 0 bridgehead atoms. The highest BCUT2D eigenvalue weighted by Gasteiger charge is 2.09. The van der Waals surface area contributed by atoms with Crippen molar-refractivity contribution in [3.63, 3.8) is 0 Å². The number of allylic oxidation sites excluding steroid dienone is 1. The fourth-order valence-electron chi connectivity index (χ4n) is 1.81. The normalized spacial score (nSPS) is 10.5. The molecule has 1 N–H and O–H groups in total. The average Bonchev–Trinajstić information content (AvgIpc) is 2.55. The molecule has 0 fully saturated rings. The Morgan fingerprint density at radius 3 is 2.43 bits per heavy atom. The van der Waals surface area contributed by atoms with Crippen LogP contribution < -0.4 is 10.2 Å². The van der Waals surface area contributed by atoms with E-state index in [1.165, 1.54) is 30.6 Å². The van der Waals surface area contributed by atoms with Gasteiger partial charge >= 0.3 is 5.82 Å². The van der Waals surface area contributed by atoms with Gasteiger partial charge in [-0.1, -0.05) is 0 Å². The number of rotatable bonds is 6. The Labute approximate surface area is 133 Å². The van der Waals surface area contributed by atoms with Crippen LogP contribution in [-0.4, -0.2) is 29.8 Å². The molecule has 0 unspecified atom stereocenters.